The zero-order chi connectivity index (χ0) is 8.43. The zero-order valence-electron chi connectivity index (χ0n) is 6.10. The van der Waals surface area contributed by atoms with E-state index in [2.05, 4.69) is 0 Å². The fourth-order valence-electron chi connectivity index (χ4n) is 0.912. The van der Waals surface area contributed by atoms with Gasteiger partial charge in [-0.2, -0.15) is 0 Å². The van der Waals surface area contributed by atoms with Gasteiger partial charge in [0.2, 0.25) is 0 Å². The highest BCUT2D eigenvalue weighted by molar-refractivity contribution is 5.99. The Balaban J connectivity index is 3.32. The van der Waals surface area contributed by atoms with E-state index in [1.165, 1.54) is 25.1 Å². The fourth-order valence-corrected chi connectivity index (χ4v) is 0.912. The number of hydrogen-bond acceptors (Lipinski definition) is 2. The van der Waals surface area contributed by atoms with E-state index in [0.29, 0.717) is 0 Å². The van der Waals surface area contributed by atoms with Gasteiger partial charge in [0.15, 0.2) is 5.78 Å². The third-order valence-corrected chi connectivity index (χ3v) is 1.40. The van der Waals surface area contributed by atoms with Crippen molar-refractivity contribution < 1.29 is 9.18 Å². The van der Waals surface area contributed by atoms with Gasteiger partial charge >= 0.3 is 0 Å². The SMILES string of the molecule is CC(=O)c1c(N)cccc1F. The van der Waals surface area contributed by atoms with Crippen LogP contribution < -0.4 is 5.73 Å². The summed E-state index contributed by atoms with van der Waals surface area (Å²) in [5, 5.41) is 0. The molecule has 0 aromatic heterocycles. The lowest BCUT2D eigenvalue weighted by Crippen LogP contribution is -2.02. The van der Waals surface area contributed by atoms with E-state index in [-0.39, 0.29) is 17.0 Å². The molecule has 0 bridgehead atoms. The Hall–Kier alpha value is -1.38. The molecule has 58 valence electrons. The molecule has 0 amide bonds. The predicted molar refractivity (Wildman–Crippen MR) is 40.8 cm³/mol. The van der Waals surface area contributed by atoms with Crippen LogP contribution >= 0.6 is 0 Å². The number of carbonyl (C=O) groups is 1. The standard InChI is InChI=1S/C8H8FNO/c1-5(11)8-6(9)3-2-4-7(8)10/h2-4H,10H2,1H3. The maximum Gasteiger partial charge on any atom is 0.164 e. The smallest absolute Gasteiger partial charge is 0.164 e. The van der Waals surface area contributed by atoms with Gasteiger partial charge in [-0.3, -0.25) is 4.79 Å². The first kappa shape index (κ1) is 7.72. The van der Waals surface area contributed by atoms with Crippen molar-refractivity contribution in [2.45, 2.75) is 6.92 Å². The maximum atomic E-state index is 12.8. The Morgan fingerprint density at radius 2 is 2.18 bits per heavy atom. The first-order valence-electron chi connectivity index (χ1n) is 3.18. The van der Waals surface area contributed by atoms with E-state index >= 15 is 0 Å². The number of halogens is 1. The molecule has 11 heavy (non-hydrogen) atoms. The average Bonchev–Trinajstić information content (AvgIpc) is 1.85. The molecule has 0 atom stereocenters. The second-order valence-electron chi connectivity index (χ2n) is 2.26. The normalized spacial score (nSPS) is 9.64. The molecule has 0 heterocycles. The molecule has 0 fully saturated rings. The molecule has 0 radical (unpaired) electrons. The predicted octanol–water partition coefficient (Wildman–Crippen LogP) is 1.61. The number of anilines is 1. The molecule has 2 nitrogen and oxygen atoms in total. The van der Waals surface area contributed by atoms with Crippen LogP contribution in [0.5, 0.6) is 0 Å². The minimum absolute atomic E-state index is 0.0208. The number of nitrogens with two attached hydrogens (primary N) is 1. The first-order chi connectivity index (χ1) is 5.13. The average molecular weight is 153 g/mol. The van der Waals surface area contributed by atoms with Crippen molar-refractivity contribution in [1.29, 1.82) is 0 Å². The van der Waals surface area contributed by atoms with Crippen molar-refractivity contribution in [1.82, 2.24) is 0 Å². The van der Waals surface area contributed by atoms with E-state index in [9.17, 15) is 9.18 Å². The summed E-state index contributed by atoms with van der Waals surface area (Å²) in [4.78, 5) is 10.8. The molecule has 0 aliphatic heterocycles. The minimum Gasteiger partial charge on any atom is -0.398 e. The van der Waals surface area contributed by atoms with Crippen molar-refractivity contribution in [2.75, 3.05) is 5.73 Å². The van der Waals surface area contributed by atoms with Crippen molar-refractivity contribution >= 4 is 11.5 Å². The lowest BCUT2D eigenvalue weighted by atomic mass is 10.1. The monoisotopic (exact) mass is 153 g/mol. The number of nitrogen functional groups attached to an aromatic ring is 1. The van der Waals surface area contributed by atoms with Gasteiger partial charge in [-0.1, -0.05) is 6.07 Å². The minimum atomic E-state index is -0.558. The molecule has 0 saturated heterocycles. The highest BCUT2D eigenvalue weighted by Gasteiger charge is 2.09. The number of hydrogen-bond donors (Lipinski definition) is 1. The summed E-state index contributed by atoms with van der Waals surface area (Å²) in [5.41, 5.74) is 5.53. The maximum absolute atomic E-state index is 12.8. The van der Waals surface area contributed by atoms with E-state index in [0.717, 1.165) is 0 Å². The molecular weight excluding hydrogens is 145 g/mol. The van der Waals surface area contributed by atoms with Crippen LogP contribution in [0.25, 0.3) is 0 Å². The quantitative estimate of drug-likeness (QED) is 0.492. The number of carbonyl (C=O) groups excluding carboxylic acids is 1. The van der Waals surface area contributed by atoms with E-state index in [1.54, 1.807) is 0 Å². The Labute approximate surface area is 63.8 Å². The van der Waals surface area contributed by atoms with Crippen LogP contribution in [0.15, 0.2) is 18.2 Å². The van der Waals surface area contributed by atoms with Crippen molar-refractivity contribution in [3.05, 3.63) is 29.6 Å². The van der Waals surface area contributed by atoms with Gasteiger partial charge in [-0.05, 0) is 19.1 Å². The van der Waals surface area contributed by atoms with Crippen LogP contribution in [0.1, 0.15) is 17.3 Å². The van der Waals surface area contributed by atoms with Crippen LogP contribution in [0.4, 0.5) is 10.1 Å². The van der Waals surface area contributed by atoms with Gasteiger partial charge in [-0.25, -0.2) is 4.39 Å². The Bertz CT molecular complexity index is 276. The molecule has 1 aromatic carbocycles. The Morgan fingerprint density at radius 1 is 1.55 bits per heavy atom. The lowest BCUT2D eigenvalue weighted by Gasteiger charge is -2.00. The molecule has 0 saturated carbocycles. The number of rotatable bonds is 1. The molecule has 0 aliphatic rings. The molecule has 1 rings (SSSR count). The molecule has 2 N–H and O–H groups in total. The van der Waals surface area contributed by atoms with E-state index in [4.69, 9.17) is 5.73 Å². The largest absolute Gasteiger partial charge is 0.398 e. The zero-order valence-corrected chi connectivity index (χ0v) is 6.10. The molecule has 0 aliphatic carbocycles. The van der Waals surface area contributed by atoms with Crippen LogP contribution in [-0.4, -0.2) is 5.78 Å². The number of ketones is 1. The number of Topliss-reactive ketones (excluding diaryl/α,β-unsaturated/α-hetero) is 1. The van der Waals surface area contributed by atoms with Crippen molar-refractivity contribution in [2.24, 2.45) is 0 Å². The van der Waals surface area contributed by atoms with Gasteiger partial charge in [0.05, 0.1) is 5.56 Å². The van der Waals surface area contributed by atoms with E-state index < -0.39 is 5.82 Å². The molecule has 0 unspecified atom stereocenters. The highest BCUT2D eigenvalue weighted by Crippen LogP contribution is 2.15. The third kappa shape index (κ3) is 1.37. The summed E-state index contributed by atoms with van der Waals surface area (Å²) in [6.07, 6.45) is 0. The van der Waals surface area contributed by atoms with Crippen LogP contribution in [-0.2, 0) is 0 Å². The van der Waals surface area contributed by atoms with Crippen molar-refractivity contribution in [3.63, 3.8) is 0 Å². The van der Waals surface area contributed by atoms with E-state index in [1.807, 2.05) is 0 Å². The Morgan fingerprint density at radius 3 is 2.55 bits per heavy atom. The summed E-state index contributed by atoms with van der Waals surface area (Å²) in [6, 6.07) is 4.18. The van der Waals surface area contributed by atoms with Crippen LogP contribution in [0.2, 0.25) is 0 Å². The molecule has 1 aromatic rings. The summed E-state index contributed by atoms with van der Waals surface area (Å²) in [5.74, 6) is -0.905. The molecule has 3 heteroatoms. The van der Waals surface area contributed by atoms with Crippen LogP contribution in [0.3, 0.4) is 0 Å². The summed E-state index contributed by atoms with van der Waals surface area (Å²) in [6.45, 7) is 1.29. The van der Waals surface area contributed by atoms with Gasteiger partial charge in [-0.15, -0.1) is 0 Å². The molecule has 0 spiro atoms. The first-order valence-corrected chi connectivity index (χ1v) is 3.18. The summed E-state index contributed by atoms with van der Waals surface area (Å²) >= 11 is 0. The Kier molecular flexibility index (Phi) is 1.89. The van der Waals surface area contributed by atoms with Gasteiger partial charge in [0.1, 0.15) is 5.82 Å². The fraction of sp³-hybridized carbons (Fsp3) is 0.125. The van der Waals surface area contributed by atoms with Gasteiger partial charge in [0, 0.05) is 5.69 Å². The highest BCUT2D eigenvalue weighted by atomic mass is 19.1. The third-order valence-electron chi connectivity index (χ3n) is 1.40. The second kappa shape index (κ2) is 2.70. The van der Waals surface area contributed by atoms with Gasteiger partial charge in [0.25, 0.3) is 0 Å². The van der Waals surface area contributed by atoms with Crippen LogP contribution in [0, 0.1) is 5.82 Å². The van der Waals surface area contributed by atoms with Gasteiger partial charge < -0.3 is 5.73 Å². The molecular formula is C8H8FNO. The summed E-state index contributed by atoms with van der Waals surface area (Å²) < 4.78 is 12.8. The second-order valence-corrected chi connectivity index (χ2v) is 2.26. The lowest BCUT2D eigenvalue weighted by molar-refractivity contribution is 0.101. The topological polar surface area (TPSA) is 43.1 Å². The number of benzene rings is 1. The van der Waals surface area contributed by atoms with Crippen molar-refractivity contribution in [3.8, 4) is 0 Å². The summed E-state index contributed by atoms with van der Waals surface area (Å²) in [7, 11) is 0.